The molecule has 2 aromatic heterocycles. The number of aryl methyl sites for hydroxylation is 2. The molecular formula is C24H26N6O3. The molecule has 170 valence electrons. The molecule has 0 saturated carbocycles. The van der Waals surface area contributed by atoms with Gasteiger partial charge < -0.3 is 9.64 Å². The normalized spacial score (nSPS) is 17.5. The second kappa shape index (κ2) is 8.31. The summed E-state index contributed by atoms with van der Waals surface area (Å²) < 4.78 is 7.09. The van der Waals surface area contributed by atoms with Crippen molar-refractivity contribution in [3.05, 3.63) is 64.9 Å². The number of likely N-dealkylation sites (tertiary alicyclic amines) is 1. The van der Waals surface area contributed by atoms with E-state index in [1.165, 1.54) is 0 Å². The molecule has 9 heteroatoms. The predicted octanol–water partition coefficient (Wildman–Crippen LogP) is 2.59. The van der Waals surface area contributed by atoms with Crippen LogP contribution in [0.15, 0.2) is 36.7 Å². The van der Waals surface area contributed by atoms with E-state index in [0.717, 1.165) is 35.4 Å². The van der Waals surface area contributed by atoms with E-state index in [1.54, 1.807) is 36.1 Å². The molecule has 2 amide bonds. The fourth-order valence-electron chi connectivity index (χ4n) is 4.69. The van der Waals surface area contributed by atoms with E-state index in [1.807, 2.05) is 36.1 Å². The molecule has 9 nitrogen and oxygen atoms in total. The van der Waals surface area contributed by atoms with Crippen LogP contribution >= 0.6 is 0 Å². The third kappa shape index (κ3) is 3.73. The molecule has 2 aliphatic rings. The molecular weight excluding hydrogens is 420 g/mol. The Kier molecular flexibility index (Phi) is 5.32. The van der Waals surface area contributed by atoms with E-state index < -0.39 is 0 Å². The van der Waals surface area contributed by atoms with E-state index in [9.17, 15) is 9.59 Å². The number of ether oxygens (including phenoxy) is 1. The number of hydrogen-bond acceptors (Lipinski definition) is 6. The van der Waals surface area contributed by atoms with Crippen LogP contribution in [0.5, 0.6) is 5.75 Å². The summed E-state index contributed by atoms with van der Waals surface area (Å²) in [5, 5.41) is 4.12. The van der Waals surface area contributed by atoms with Crippen molar-refractivity contribution in [2.24, 2.45) is 7.05 Å². The van der Waals surface area contributed by atoms with Gasteiger partial charge >= 0.3 is 0 Å². The number of rotatable bonds is 5. The van der Waals surface area contributed by atoms with Crippen LogP contribution in [-0.2, 0) is 24.8 Å². The zero-order valence-corrected chi connectivity index (χ0v) is 19.0. The minimum absolute atomic E-state index is 0.0137. The van der Waals surface area contributed by atoms with Crippen molar-refractivity contribution in [1.82, 2.24) is 24.6 Å². The highest BCUT2D eigenvalue weighted by atomic mass is 16.5. The highest BCUT2D eigenvalue weighted by Gasteiger charge is 2.37. The van der Waals surface area contributed by atoms with Gasteiger partial charge in [-0.1, -0.05) is 18.2 Å². The van der Waals surface area contributed by atoms with Gasteiger partial charge in [0, 0.05) is 36.6 Å². The number of fused-ring (bicyclic) bond motifs is 1. The second-order valence-corrected chi connectivity index (χ2v) is 8.50. The van der Waals surface area contributed by atoms with Crippen molar-refractivity contribution in [2.75, 3.05) is 18.6 Å². The SMILES string of the molecule is COc1ccccc1CN1C(=O)Cc2c(C)nc([C@H]3CCCN3C(=O)c3cnn(C)c3)nc21. The Balaban J connectivity index is 1.48. The maximum atomic E-state index is 13.1. The smallest absolute Gasteiger partial charge is 0.257 e. The third-order valence-electron chi connectivity index (χ3n) is 6.38. The van der Waals surface area contributed by atoms with Crippen LogP contribution < -0.4 is 9.64 Å². The van der Waals surface area contributed by atoms with Crippen LogP contribution in [0.25, 0.3) is 0 Å². The number of nitrogens with zero attached hydrogens (tertiary/aromatic N) is 6. The van der Waals surface area contributed by atoms with E-state index in [0.29, 0.717) is 30.3 Å². The van der Waals surface area contributed by atoms with E-state index in [4.69, 9.17) is 14.7 Å². The number of aromatic nitrogens is 4. The fraction of sp³-hybridized carbons (Fsp3) is 0.375. The molecule has 1 fully saturated rings. The quantitative estimate of drug-likeness (QED) is 0.598. The molecule has 33 heavy (non-hydrogen) atoms. The zero-order chi connectivity index (χ0) is 23.1. The number of anilines is 1. The predicted molar refractivity (Wildman–Crippen MR) is 121 cm³/mol. The number of hydrogen-bond donors (Lipinski definition) is 0. The van der Waals surface area contributed by atoms with Gasteiger partial charge in [-0.25, -0.2) is 9.97 Å². The Morgan fingerprint density at radius 2 is 2.06 bits per heavy atom. The molecule has 1 saturated heterocycles. The monoisotopic (exact) mass is 446 g/mol. The summed E-state index contributed by atoms with van der Waals surface area (Å²) >= 11 is 0. The van der Waals surface area contributed by atoms with Gasteiger partial charge in [0.2, 0.25) is 5.91 Å². The van der Waals surface area contributed by atoms with E-state index >= 15 is 0 Å². The molecule has 2 aliphatic heterocycles. The standard InChI is InChI=1S/C24H26N6O3/c1-15-18-11-21(31)30(14-16-7-4-5-9-20(16)33-3)23(18)27-22(26-15)19-8-6-10-29(19)24(32)17-12-25-28(2)13-17/h4-5,7,9,12-13,19H,6,8,10-11,14H2,1-3H3/t19-/m1/s1. The summed E-state index contributed by atoms with van der Waals surface area (Å²) in [7, 11) is 3.41. The first-order chi connectivity index (χ1) is 16.0. The minimum Gasteiger partial charge on any atom is -0.496 e. The molecule has 5 rings (SSSR count). The van der Waals surface area contributed by atoms with Crippen LogP contribution in [0.4, 0.5) is 5.82 Å². The third-order valence-corrected chi connectivity index (χ3v) is 6.38. The van der Waals surface area contributed by atoms with Gasteiger partial charge in [0.15, 0.2) is 5.82 Å². The summed E-state index contributed by atoms with van der Waals surface area (Å²) in [4.78, 5) is 39.2. The molecule has 4 heterocycles. The minimum atomic E-state index is -0.231. The highest BCUT2D eigenvalue weighted by molar-refractivity contribution is 6.00. The number of benzene rings is 1. The number of methoxy groups -OCH3 is 1. The summed E-state index contributed by atoms with van der Waals surface area (Å²) in [6.07, 6.45) is 5.24. The Labute approximate surface area is 192 Å². The van der Waals surface area contributed by atoms with Crippen molar-refractivity contribution in [2.45, 2.75) is 38.8 Å². The number of amides is 2. The Morgan fingerprint density at radius 1 is 1.24 bits per heavy atom. The lowest BCUT2D eigenvalue weighted by Crippen LogP contribution is -2.32. The largest absolute Gasteiger partial charge is 0.496 e. The summed E-state index contributed by atoms with van der Waals surface area (Å²) in [5.41, 5.74) is 3.09. The van der Waals surface area contributed by atoms with Crippen molar-refractivity contribution >= 4 is 17.6 Å². The van der Waals surface area contributed by atoms with Crippen molar-refractivity contribution in [3.63, 3.8) is 0 Å². The Morgan fingerprint density at radius 3 is 2.82 bits per heavy atom. The van der Waals surface area contributed by atoms with Gasteiger partial charge in [-0.2, -0.15) is 5.10 Å². The second-order valence-electron chi connectivity index (χ2n) is 8.50. The molecule has 0 bridgehead atoms. The Bertz CT molecular complexity index is 1240. The van der Waals surface area contributed by atoms with Gasteiger partial charge in [-0.3, -0.25) is 19.2 Å². The highest BCUT2D eigenvalue weighted by Crippen LogP contribution is 2.36. The lowest BCUT2D eigenvalue weighted by Gasteiger charge is -2.25. The number of carbonyl (C=O) groups is 2. The molecule has 3 aromatic rings. The maximum absolute atomic E-state index is 13.1. The molecule has 0 unspecified atom stereocenters. The van der Waals surface area contributed by atoms with Crippen molar-refractivity contribution in [1.29, 1.82) is 0 Å². The van der Waals surface area contributed by atoms with Crippen molar-refractivity contribution < 1.29 is 14.3 Å². The van der Waals surface area contributed by atoms with E-state index in [2.05, 4.69) is 5.10 Å². The number of para-hydroxylation sites is 1. The van der Waals surface area contributed by atoms with Gasteiger partial charge in [0.05, 0.1) is 37.9 Å². The van der Waals surface area contributed by atoms with Crippen LogP contribution in [-0.4, -0.2) is 50.1 Å². The van der Waals surface area contributed by atoms with Gasteiger partial charge in [0.25, 0.3) is 5.91 Å². The number of carbonyl (C=O) groups excluding carboxylic acids is 2. The van der Waals surface area contributed by atoms with E-state index in [-0.39, 0.29) is 24.3 Å². The topological polar surface area (TPSA) is 93.5 Å². The van der Waals surface area contributed by atoms with Crippen LogP contribution in [0.1, 0.15) is 51.9 Å². The van der Waals surface area contributed by atoms with Crippen molar-refractivity contribution in [3.8, 4) is 5.75 Å². The molecule has 0 N–H and O–H groups in total. The lowest BCUT2D eigenvalue weighted by molar-refractivity contribution is -0.117. The van der Waals surface area contributed by atoms with Gasteiger partial charge in [-0.05, 0) is 25.8 Å². The summed E-state index contributed by atoms with van der Waals surface area (Å²) in [6.45, 7) is 2.92. The summed E-state index contributed by atoms with van der Waals surface area (Å²) in [5.74, 6) is 1.86. The first kappa shape index (κ1) is 21.1. The summed E-state index contributed by atoms with van der Waals surface area (Å²) in [6, 6.07) is 7.43. The average Bonchev–Trinajstić information content (AvgIpc) is 3.54. The fourth-order valence-corrected chi connectivity index (χ4v) is 4.69. The molecule has 1 aromatic carbocycles. The lowest BCUT2D eigenvalue weighted by atomic mass is 10.1. The van der Waals surface area contributed by atoms with Gasteiger partial charge in [-0.15, -0.1) is 0 Å². The van der Waals surface area contributed by atoms with Crippen LogP contribution in [0.3, 0.4) is 0 Å². The average molecular weight is 447 g/mol. The van der Waals surface area contributed by atoms with Gasteiger partial charge in [0.1, 0.15) is 11.6 Å². The molecule has 0 spiro atoms. The first-order valence-corrected chi connectivity index (χ1v) is 11.1. The molecule has 0 radical (unpaired) electrons. The van der Waals surface area contributed by atoms with Crippen LogP contribution in [0, 0.1) is 6.92 Å². The first-order valence-electron chi connectivity index (χ1n) is 11.1. The Hall–Kier alpha value is -3.75. The molecule has 0 aliphatic carbocycles. The molecule has 1 atom stereocenters. The zero-order valence-electron chi connectivity index (χ0n) is 19.0. The van der Waals surface area contributed by atoms with Crippen LogP contribution in [0.2, 0.25) is 0 Å². The maximum Gasteiger partial charge on any atom is 0.257 e.